The Labute approximate surface area is 228 Å². The topological polar surface area (TPSA) is 113 Å². The van der Waals surface area contributed by atoms with Crippen molar-refractivity contribution in [1.29, 1.82) is 0 Å². The van der Waals surface area contributed by atoms with E-state index in [1.165, 1.54) is 39.9 Å². The number of aromatic nitrogens is 5. The Bertz CT molecular complexity index is 1490. The third kappa shape index (κ3) is 6.85. The highest BCUT2D eigenvalue weighted by Gasteiger charge is 2.24. The summed E-state index contributed by atoms with van der Waals surface area (Å²) in [6.07, 6.45) is 6.46. The number of rotatable bonds is 12. The molecule has 0 aliphatic heterocycles. The number of nitrogens with zero attached hydrogens (tertiary/aromatic N) is 5. The third-order valence-electron chi connectivity index (χ3n) is 5.74. The van der Waals surface area contributed by atoms with Crippen molar-refractivity contribution < 1.29 is 27.8 Å². The highest BCUT2D eigenvalue weighted by molar-refractivity contribution is 6.76. The molecular formula is C25H27ClF2N6O4Si. The number of hydrogen-bond acceptors (Lipinski definition) is 7. The molecule has 4 rings (SSSR count). The Kier molecular flexibility index (Phi) is 8.72. The SMILES string of the molecule is C[Si](C)(C)CCOCn1ncc(NC(=O)c2cnn3cccnc23)c1-c1cc(Cl)c(CC=O)cc1OC(F)F. The van der Waals surface area contributed by atoms with E-state index in [1.54, 1.807) is 12.3 Å². The van der Waals surface area contributed by atoms with Crippen molar-refractivity contribution in [1.82, 2.24) is 24.4 Å². The smallest absolute Gasteiger partial charge is 0.387 e. The quantitative estimate of drug-likeness (QED) is 0.141. The number of halogens is 3. The van der Waals surface area contributed by atoms with E-state index in [4.69, 9.17) is 21.1 Å². The zero-order valence-corrected chi connectivity index (χ0v) is 23.3. The molecular weight excluding hydrogens is 550 g/mol. The van der Waals surface area contributed by atoms with Gasteiger partial charge < -0.3 is 19.6 Å². The maximum atomic E-state index is 13.4. The monoisotopic (exact) mass is 576 g/mol. The lowest BCUT2D eigenvalue weighted by molar-refractivity contribution is -0.107. The molecule has 1 aromatic carbocycles. The summed E-state index contributed by atoms with van der Waals surface area (Å²) < 4.78 is 40.4. The highest BCUT2D eigenvalue weighted by atomic mass is 35.5. The number of carbonyl (C=O) groups is 2. The van der Waals surface area contributed by atoms with Crippen LogP contribution in [0.25, 0.3) is 16.9 Å². The van der Waals surface area contributed by atoms with E-state index in [0.717, 1.165) is 6.04 Å². The number of ether oxygens (including phenoxy) is 2. The first-order valence-electron chi connectivity index (χ1n) is 12.0. The predicted molar refractivity (Wildman–Crippen MR) is 144 cm³/mol. The minimum absolute atomic E-state index is 0.0181. The van der Waals surface area contributed by atoms with Crippen LogP contribution in [0.2, 0.25) is 30.7 Å². The third-order valence-corrected chi connectivity index (χ3v) is 7.80. The fourth-order valence-corrected chi connectivity index (χ4v) is 4.78. The molecule has 1 amide bonds. The molecule has 3 heterocycles. The molecule has 0 aliphatic carbocycles. The molecule has 4 aromatic rings. The van der Waals surface area contributed by atoms with Crippen molar-refractivity contribution in [2.45, 2.75) is 45.4 Å². The summed E-state index contributed by atoms with van der Waals surface area (Å²) in [6.45, 7) is 3.96. The first-order chi connectivity index (χ1) is 18.6. The molecule has 0 atom stereocenters. The molecule has 0 fully saturated rings. The Morgan fingerprint density at radius 3 is 2.74 bits per heavy atom. The zero-order chi connectivity index (χ0) is 28.2. The van der Waals surface area contributed by atoms with Crippen LogP contribution in [-0.2, 0) is 22.7 Å². The number of nitrogens with one attached hydrogen (secondary N) is 1. The van der Waals surface area contributed by atoms with E-state index in [1.807, 2.05) is 0 Å². The van der Waals surface area contributed by atoms with Crippen LogP contribution in [0.1, 0.15) is 15.9 Å². The van der Waals surface area contributed by atoms with E-state index < -0.39 is 20.6 Å². The first kappa shape index (κ1) is 28.3. The van der Waals surface area contributed by atoms with Crippen LogP contribution < -0.4 is 10.1 Å². The Balaban J connectivity index is 1.75. The van der Waals surface area contributed by atoms with Crippen molar-refractivity contribution in [2.75, 3.05) is 11.9 Å². The number of hydrogen-bond donors (Lipinski definition) is 1. The van der Waals surface area contributed by atoms with Gasteiger partial charge in [0, 0.05) is 44.1 Å². The fourth-order valence-electron chi connectivity index (χ4n) is 3.79. The van der Waals surface area contributed by atoms with E-state index in [2.05, 4.69) is 40.1 Å². The number of carbonyl (C=O) groups excluding carboxylic acids is 2. The van der Waals surface area contributed by atoms with Gasteiger partial charge in [-0.05, 0) is 29.8 Å². The van der Waals surface area contributed by atoms with Gasteiger partial charge in [0.15, 0.2) is 5.65 Å². The van der Waals surface area contributed by atoms with Gasteiger partial charge in [-0.15, -0.1) is 0 Å². The number of amides is 1. The van der Waals surface area contributed by atoms with Crippen LogP contribution in [0, 0.1) is 0 Å². The Hall–Kier alpha value is -3.68. The van der Waals surface area contributed by atoms with Gasteiger partial charge in [0.25, 0.3) is 5.91 Å². The van der Waals surface area contributed by atoms with E-state index in [9.17, 15) is 18.4 Å². The molecule has 0 saturated heterocycles. The molecule has 0 bridgehead atoms. The van der Waals surface area contributed by atoms with Gasteiger partial charge in [-0.1, -0.05) is 31.2 Å². The maximum absolute atomic E-state index is 13.4. The van der Waals surface area contributed by atoms with Gasteiger partial charge in [0.1, 0.15) is 24.3 Å². The zero-order valence-electron chi connectivity index (χ0n) is 21.5. The van der Waals surface area contributed by atoms with Crippen molar-refractivity contribution in [3.05, 3.63) is 59.1 Å². The minimum atomic E-state index is -3.15. The van der Waals surface area contributed by atoms with Gasteiger partial charge in [0.05, 0.1) is 23.8 Å². The van der Waals surface area contributed by atoms with Crippen molar-refractivity contribution in [3.63, 3.8) is 0 Å². The summed E-state index contributed by atoms with van der Waals surface area (Å²) in [4.78, 5) is 28.5. The Morgan fingerprint density at radius 1 is 1.23 bits per heavy atom. The second-order valence-corrected chi connectivity index (χ2v) is 15.9. The maximum Gasteiger partial charge on any atom is 0.387 e. The molecule has 0 unspecified atom stereocenters. The molecule has 206 valence electrons. The van der Waals surface area contributed by atoms with Crippen LogP contribution in [0.5, 0.6) is 5.75 Å². The highest BCUT2D eigenvalue weighted by Crippen LogP contribution is 2.40. The number of aldehydes is 1. The number of anilines is 1. The molecule has 0 spiro atoms. The van der Waals surface area contributed by atoms with E-state index in [-0.39, 0.29) is 46.4 Å². The van der Waals surface area contributed by atoms with Gasteiger partial charge in [-0.25, -0.2) is 14.2 Å². The average molecular weight is 577 g/mol. The largest absolute Gasteiger partial charge is 0.434 e. The number of fused-ring (bicyclic) bond motifs is 1. The molecule has 10 nitrogen and oxygen atoms in total. The van der Waals surface area contributed by atoms with Crippen LogP contribution in [-0.4, -0.2) is 57.9 Å². The molecule has 0 radical (unpaired) electrons. The predicted octanol–water partition coefficient (Wildman–Crippen LogP) is 5.15. The molecule has 0 saturated carbocycles. The van der Waals surface area contributed by atoms with Crippen molar-refractivity contribution in [2.24, 2.45) is 0 Å². The summed E-state index contributed by atoms with van der Waals surface area (Å²) >= 11 is 6.40. The van der Waals surface area contributed by atoms with E-state index in [0.29, 0.717) is 24.1 Å². The van der Waals surface area contributed by atoms with Gasteiger partial charge >= 0.3 is 6.61 Å². The molecule has 39 heavy (non-hydrogen) atoms. The average Bonchev–Trinajstić information content (AvgIpc) is 3.47. The second kappa shape index (κ2) is 12.0. The number of benzene rings is 1. The Morgan fingerprint density at radius 2 is 2.03 bits per heavy atom. The summed E-state index contributed by atoms with van der Waals surface area (Å²) in [5.41, 5.74) is 1.41. The molecule has 1 N–H and O–H groups in total. The summed E-state index contributed by atoms with van der Waals surface area (Å²) in [7, 11) is -1.37. The standard InChI is InChI=1S/C25H27ClF2N6O4Si/c1-39(2,3)10-9-37-15-34-22(17-12-19(26)16(5-8-35)11-21(17)38-25(27)28)20(14-31-34)32-24(36)18-13-30-33-7-4-6-29-23(18)33/h4,6-8,11-14,25H,5,9-10,15H2,1-3H3,(H,32,36). The van der Waals surface area contributed by atoms with E-state index >= 15 is 0 Å². The number of alkyl halides is 2. The second-order valence-electron chi connectivity index (χ2n) is 9.84. The lowest BCUT2D eigenvalue weighted by Crippen LogP contribution is -2.22. The van der Waals surface area contributed by atoms with Crippen LogP contribution in [0.3, 0.4) is 0 Å². The van der Waals surface area contributed by atoms with Gasteiger partial charge in [-0.2, -0.15) is 19.0 Å². The van der Waals surface area contributed by atoms with Crippen molar-refractivity contribution >= 4 is 43.2 Å². The van der Waals surface area contributed by atoms with Crippen LogP contribution in [0.15, 0.2) is 43.0 Å². The van der Waals surface area contributed by atoms with Crippen LogP contribution >= 0.6 is 11.6 Å². The van der Waals surface area contributed by atoms with Crippen molar-refractivity contribution in [3.8, 4) is 17.0 Å². The van der Waals surface area contributed by atoms with Gasteiger partial charge in [0.2, 0.25) is 0 Å². The molecule has 3 aromatic heterocycles. The minimum Gasteiger partial charge on any atom is -0.434 e. The van der Waals surface area contributed by atoms with Gasteiger partial charge in [-0.3, -0.25) is 4.79 Å². The van der Waals surface area contributed by atoms with Crippen LogP contribution in [0.4, 0.5) is 14.5 Å². The summed E-state index contributed by atoms with van der Waals surface area (Å²) in [5.74, 6) is -0.771. The molecule has 0 aliphatic rings. The summed E-state index contributed by atoms with van der Waals surface area (Å²) in [5, 5.41) is 11.4. The molecule has 14 heteroatoms. The fraction of sp³-hybridized carbons (Fsp3) is 0.320. The summed E-state index contributed by atoms with van der Waals surface area (Å²) in [6, 6.07) is 5.26. The normalized spacial score (nSPS) is 11.8. The first-order valence-corrected chi connectivity index (χ1v) is 16.1. The lowest BCUT2D eigenvalue weighted by atomic mass is 10.0. The lowest BCUT2D eigenvalue weighted by Gasteiger charge is -2.18.